The third-order valence-electron chi connectivity index (χ3n) is 2.92. The summed E-state index contributed by atoms with van der Waals surface area (Å²) in [5, 5.41) is 2.51. The number of halogens is 3. The van der Waals surface area contributed by atoms with E-state index in [0.717, 1.165) is 19.7 Å². The Balaban J connectivity index is 2.05. The monoisotopic (exact) mass is 426 g/mol. The standard InChI is InChI=1S/C15H9Br2ClN2O/c16-9-2-3-11-8(5-9)1-4-13(14(11)17)21-15-12(18)6-10(19)7-20-15/h1-7H,19H2. The van der Waals surface area contributed by atoms with E-state index in [1.54, 1.807) is 6.07 Å². The minimum Gasteiger partial charge on any atom is -0.436 e. The summed E-state index contributed by atoms with van der Waals surface area (Å²) < 4.78 is 7.65. The Morgan fingerprint density at radius 2 is 1.90 bits per heavy atom. The van der Waals surface area contributed by atoms with Gasteiger partial charge in [0.2, 0.25) is 5.88 Å². The lowest BCUT2D eigenvalue weighted by molar-refractivity contribution is 0.461. The molecule has 0 unspecified atom stereocenters. The molecule has 6 heteroatoms. The van der Waals surface area contributed by atoms with Gasteiger partial charge < -0.3 is 10.5 Å². The first-order valence-electron chi connectivity index (χ1n) is 6.01. The maximum absolute atomic E-state index is 6.08. The summed E-state index contributed by atoms with van der Waals surface area (Å²) in [7, 11) is 0. The average molecular weight is 429 g/mol. The summed E-state index contributed by atoms with van der Waals surface area (Å²) in [5.74, 6) is 0.965. The van der Waals surface area contributed by atoms with Gasteiger partial charge in [-0.2, -0.15) is 0 Å². The number of nitrogens with two attached hydrogens (primary N) is 1. The summed E-state index contributed by atoms with van der Waals surface area (Å²) in [5.41, 5.74) is 6.12. The number of rotatable bonds is 2. The van der Waals surface area contributed by atoms with E-state index < -0.39 is 0 Å². The molecule has 0 saturated heterocycles. The molecular weight excluding hydrogens is 419 g/mol. The third kappa shape index (κ3) is 3.00. The lowest BCUT2D eigenvalue weighted by atomic mass is 10.1. The minimum absolute atomic E-state index is 0.322. The number of hydrogen-bond donors (Lipinski definition) is 1. The molecule has 0 amide bonds. The molecule has 1 heterocycles. The Bertz CT molecular complexity index is 839. The molecule has 0 aliphatic rings. The van der Waals surface area contributed by atoms with E-state index in [0.29, 0.717) is 22.3 Å². The second-order valence-corrected chi connectivity index (χ2v) is 6.52. The first-order chi connectivity index (χ1) is 10.0. The van der Waals surface area contributed by atoms with Gasteiger partial charge in [-0.3, -0.25) is 0 Å². The van der Waals surface area contributed by atoms with Crippen LogP contribution in [0.3, 0.4) is 0 Å². The van der Waals surface area contributed by atoms with E-state index in [2.05, 4.69) is 36.8 Å². The zero-order valence-corrected chi connectivity index (χ0v) is 14.5. The van der Waals surface area contributed by atoms with Gasteiger partial charge in [-0.15, -0.1) is 0 Å². The van der Waals surface area contributed by atoms with Gasteiger partial charge in [-0.1, -0.05) is 39.7 Å². The van der Waals surface area contributed by atoms with Crippen molar-refractivity contribution in [1.29, 1.82) is 0 Å². The number of hydrogen-bond acceptors (Lipinski definition) is 3. The smallest absolute Gasteiger partial charge is 0.238 e. The molecule has 21 heavy (non-hydrogen) atoms. The maximum atomic E-state index is 6.08. The molecule has 0 atom stereocenters. The fourth-order valence-corrected chi connectivity index (χ4v) is 3.11. The zero-order valence-electron chi connectivity index (χ0n) is 10.6. The number of anilines is 1. The highest BCUT2D eigenvalue weighted by Crippen LogP contribution is 2.38. The Morgan fingerprint density at radius 3 is 2.67 bits per heavy atom. The predicted molar refractivity (Wildman–Crippen MR) is 93.1 cm³/mol. The highest BCUT2D eigenvalue weighted by molar-refractivity contribution is 9.11. The quantitative estimate of drug-likeness (QED) is 0.562. The summed E-state index contributed by atoms with van der Waals surface area (Å²) in [4.78, 5) is 4.10. The van der Waals surface area contributed by atoms with Gasteiger partial charge in [0, 0.05) is 4.47 Å². The van der Waals surface area contributed by atoms with Crippen molar-refractivity contribution in [2.45, 2.75) is 0 Å². The van der Waals surface area contributed by atoms with Gasteiger partial charge in [0.1, 0.15) is 10.8 Å². The summed E-state index contributed by atoms with van der Waals surface area (Å²) in [6, 6.07) is 11.5. The highest BCUT2D eigenvalue weighted by atomic mass is 79.9. The van der Waals surface area contributed by atoms with Crippen LogP contribution in [0.25, 0.3) is 10.8 Å². The lowest BCUT2D eigenvalue weighted by Gasteiger charge is -2.11. The van der Waals surface area contributed by atoms with E-state index in [1.807, 2.05) is 30.3 Å². The van der Waals surface area contributed by atoms with Crippen LogP contribution in [0, 0.1) is 0 Å². The number of pyridine rings is 1. The molecule has 0 spiro atoms. The van der Waals surface area contributed by atoms with Crippen LogP contribution >= 0.6 is 43.5 Å². The molecule has 0 fully saturated rings. The predicted octanol–water partition coefficient (Wildman–Crippen LogP) is 5.79. The van der Waals surface area contributed by atoms with E-state index in [1.165, 1.54) is 6.20 Å². The lowest BCUT2D eigenvalue weighted by Crippen LogP contribution is -1.93. The zero-order chi connectivity index (χ0) is 15.0. The Labute approximate surface area is 143 Å². The minimum atomic E-state index is 0.322. The molecule has 0 aliphatic carbocycles. The summed E-state index contributed by atoms with van der Waals surface area (Å²) in [6.45, 7) is 0. The van der Waals surface area contributed by atoms with Crippen molar-refractivity contribution in [2.75, 3.05) is 5.73 Å². The van der Waals surface area contributed by atoms with Crippen LogP contribution in [-0.4, -0.2) is 4.98 Å². The molecule has 3 nitrogen and oxygen atoms in total. The van der Waals surface area contributed by atoms with Crippen molar-refractivity contribution in [3.05, 3.63) is 56.6 Å². The topological polar surface area (TPSA) is 48.1 Å². The highest BCUT2D eigenvalue weighted by Gasteiger charge is 2.11. The van der Waals surface area contributed by atoms with Crippen molar-refractivity contribution >= 4 is 59.9 Å². The maximum Gasteiger partial charge on any atom is 0.238 e. The number of ether oxygens (including phenoxy) is 1. The average Bonchev–Trinajstić information content (AvgIpc) is 2.44. The molecule has 1 aromatic heterocycles. The van der Waals surface area contributed by atoms with Gasteiger partial charge >= 0.3 is 0 Å². The van der Waals surface area contributed by atoms with Crippen molar-refractivity contribution in [3.8, 4) is 11.6 Å². The van der Waals surface area contributed by atoms with Crippen molar-refractivity contribution in [1.82, 2.24) is 4.98 Å². The van der Waals surface area contributed by atoms with Gasteiger partial charge in [-0.05, 0) is 51.0 Å². The van der Waals surface area contributed by atoms with Crippen LogP contribution in [0.2, 0.25) is 5.02 Å². The van der Waals surface area contributed by atoms with Gasteiger partial charge in [0.15, 0.2) is 0 Å². The largest absolute Gasteiger partial charge is 0.436 e. The number of aromatic nitrogens is 1. The Kier molecular flexibility index (Phi) is 4.06. The molecular formula is C15H9Br2ClN2O. The molecule has 0 aliphatic heterocycles. The molecule has 3 aromatic rings. The van der Waals surface area contributed by atoms with Crippen LogP contribution in [0.5, 0.6) is 11.6 Å². The Hall–Kier alpha value is -1.30. The number of benzene rings is 2. The molecule has 106 valence electrons. The van der Waals surface area contributed by atoms with E-state index in [9.17, 15) is 0 Å². The van der Waals surface area contributed by atoms with Crippen LogP contribution in [-0.2, 0) is 0 Å². The molecule has 0 radical (unpaired) electrons. The second-order valence-electron chi connectivity index (χ2n) is 4.40. The fourth-order valence-electron chi connectivity index (χ4n) is 1.94. The molecule has 0 bridgehead atoms. The van der Waals surface area contributed by atoms with E-state index in [-0.39, 0.29) is 0 Å². The molecule has 2 N–H and O–H groups in total. The van der Waals surface area contributed by atoms with Crippen molar-refractivity contribution in [2.24, 2.45) is 0 Å². The van der Waals surface area contributed by atoms with Crippen LogP contribution in [0.1, 0.15) is 0 Å². The number of nitrogens with zero attached hydrogens (tertiary/aromatic N) is 1. The Morgan fingerprint density at radius 1 is 1.10 bits per heavy atom. The normalized spacial score (nSPS) is 10.8. The van der Waals surface area contributed by atoms with Gasteiger partial charge in [-0.25, -0.2) is 4.98 Å². The first-order valence-corrected chi connectivity index (χ1v) is 7.97. The molecule has 0 saturated carbocycles. The van der Waals surface area contributed by atoms with Crippen LogP contribution < -0.4 is 10.5 Å². The fraction of sp³-hybridized carbons (Fsp3) is 0. The van der Waals surface area contributed by atoms with E-state index >= 15 is 0 Å². The van der Waals surface area contributed by atoms with Gasteiger partial charge in [0.05, 0.1) is 16.4 Å². The van der Waals surface area contributed by atoms with Crippen molar-refractivity contribution < 1.29 is 4.74 Å². The third-order valence-corrected chi connectivity index (χ3v) is 4.50. The summed E-state index contributed by atoms with van der Waals surface area (Å²) >= 11 is 13.1. The van der Waals surface area contributed by atoms with Crippen LogP contribution in [0.4, 0.5) is 5.69 Å². The van der Waals surface area contributed by atoms with Gasteiger partial charge in [0.25, 0.3) is 0 Å². The molecule has 2 aromatic carbocycles. The molecule has 3 rings (SSSR count). The number of nitrogen functional groups attached to an aromatic ring is 1. The number of fused-ring (bicyclic) bond motifs is 1. The van der Waals surface area contributed by atoms with E-state index in [4.69, 9.17) is 22.1 Å². The SMILES string of the molecule is Nc1cnc(Oc2ccc3cc(Br)ccc3c2Br)c(Cl)c1. The van der Waals surface area contributed by atoms with Crippen LogP contribution in [0.15, 0.2) is 51.5 Å². The summed E-state index contributed by atoms with van der Waals surface area (Å²) in [6.07, 6.45) is 1.51. The second kappa shape index (κ2) is 5.83. The first kappa shape index (κ1) is 14.6. The van der Waals surface area contributed by atoms with Crippen molar-refractivity contribution in [3.63, 3.8) is 0 Å².